The Kier molecular flexibility index (Phi) is 6.77. The van der Waals surface area contributed by atoms with E-state index < -0.39 is 17.6 Å². The van der Waals surface area contributed by atoms with Gasteiger partial charge in [-0.25, -0.2) is 9.18 Å². The molecule has 0 bridgehead atoms. The molecule has 3 aromatic rings. The van der Waals surface area contributed by atoms with Gasteiger partial charge in [-0.05, 0) is 42.5 Å². The van der Waals surface area contributed by atoms with Crippen molar-refractivity contribution in [2.75, 3.05) is 21.3 Å². The number of halogens is 2. The van der Waals surface area contributed by atoms with E-state index in [1.807, 2.05) is 0 Å². The van der Waals surface area contributed by atoms with Crippen LogP contribution in [0.3, 0.4) is 0 Å². The van der Waals surface area contributed by atoms with Crippen molar-refractivity contribution in [3.05, 3.63) is 82.4 Å². The highest BCUT2D eigenvalue weighted by Crippen LogP contribution is 2.35. The number of esters is 1. The number of ether oxygens (including phenoxy) is 3. The number of methoxy groups -OCH3 is 3. The predicted molar refractivity (Wildman–Crippen MR) is 115 cm³/mol. The molecule has 0 unspecified atom stereocenters. The molecular weight excluding hydrogens is 425 g/mol. The molecule has 160 valence electrons. The lowest BCUT2D eigenvalue weighted by Gasteiger charge is -2.16. The van der Waals surface area contributed by atoms with Crippen molar-refractivity contribution in [1.29, 1.82) is 0 Å². The van der Waals surface area contributed by atoms with Crippen LogP contribution in [-0.2, 0) is 9.53 Å². The van der Waals surface area contributed by atoms with E-state index in [4.69, 9.17) is 21.1 Å². The zero-order chi connectivity index (χ0) is 22.5. The standard InChI is InChI=1S/C23H19ClFNO5/c1-29-19-8-4-7-16(23(19)31-3)22(28)17-12-14(24)13-18(25)21(17)26-11-5-6-15(26)9-10-20(27)30-2/h4-13H,1-3H3. The summed E-state index contributed by atoms with van der Waals surface area (Å²) in [6.07, 6.45) is 4.23. The molecule has 0 N–H and O–H groups in total. The molecule has 3 rings (SSSR count). The number of benzene rings is 2. The zero-order valence-corrected chi connectivity index (χ0v) is 17.8. The largest absolute Gasteiger partial charge is 0.493 e. The van der Waals surface area contributed by atoms with Crippen LogP contribution in [0.4, 0.5) is 4.39 Å². The molecule has 0 spiro atoms. The topological polar surface area (TPSA) is 66.8 Å². The van der Waals surface area contributed by atoms with E-state index in [-0.39, 0.29) is 27.6 Å². The number of aromatic nitrogens is 1. The number of para-hydroxylation sites is 1. The Hall–Kier alpha value is -3.58. The minimum atomic E-state index is -0.707. The summed E-state index contributed by atoms with van der Waals surface area (Å²) < 4.78 is 31.8. The smallest absolute Gasteiger partial charge is 0.330 e. The van der Waals surface area contributed by atoms with Crippen LogP contribution in [0, 0.1) is 5.82 Å². The summed E-state index contributed by atoms with van der Waals surface area (Å²) >= 11 is 6.08. The van der Waals surface area contributed by atoms with E-state index in [0.717, 1.165) is 6.07 Å². The van der Waals surface area contributed by atoms with Gasteiger partial charge in [0.1, 0.15) is 5.82 Å². The molecule has 31 heavy (non-hydrogen) atoms. The van der Waals surface area contributed by atoms with Crippen molar-refractivity contribution < 1.29 is 28.2 Å². The van der Waals surface area contributed by atoms with E-state index in [0.29, 0.717) is 11.4 Å². The van der Waals surface area contributed by atoms with Gasteiger partial charge in [-0.15, -0.1) is 0 Å². The van der Waals surface area contributed by atoms with Crippen molar-refractivity contribution >= 4 is 29.4 Å². The molecule has 6 nitrogen and oxygen atoms in total. The molecule has 0 aliphatic carbocycles. The summed E-state index contributed by atoms with van der Waals surface area (Å²) in [5, 5.41) is 0.0604. The fourth-order valence-corrected chi connectivity index (χ4v) is 3.35. The van der Waals surface area contributed by atoms with Gasteiger partial charge in [-0.3, -0.25) is 4.79 Å². The molecular formula is C23H19ClFNO5. The van der Waals surface area contributed by atoms with Crippen molar-refractivity contribution in [1.82, 2.24) is 4.57 Å². The maximum absolute atomic E-state index is 15.1. The quantitative estimate of drug-likeness (QED) is 0.301. The lowest BCUT2D eigenvalue weighted by atomic mass is 9.99. The molecule has 0 radical (unpaired) electrons. The van der Waals surface area contributed by atoms with Gasteiger partial charge in [-0.1, -0.05) is 17.7 Å². The lowest BCUT2D eigenvalue weighted by molar-refractivity contribution is -0.134. The van der Waals surface area contributed by atoms with Gasteiger partial charge in [-0.2, -0.15) is 0 Å². The van der Waals surface area contributed by atoms with Crippen LogP contribution in [0.1, 0.15) is 21.6 Å². The first kappa shape index (κ1) is 22.1. The second kappa shape index (κ2) is 9.49. The SMILES string of the molecule is COC(=O)C=Cc1cccn1-c1c(F)cc(Cl)cc1C(=O)c1cccc(OC)c1OC. The van der Waals surface area contributed by atoms with Gasteiger partial charge in [0.15, 0.2) is 17.3 Å². The Bertz CT molecular complexity index is 1170. The maximum atomic E-state index is 15.1. The maximum Gasteiger partial charge on any atom is 0.330 e. The number of carbonyl (C=O) groups is 2. The Morgan fingerprint density at radius 1 is 1.03 bits per heavy atom. The van der Waals surface area contributed by atoms with Gasteiger partial charge >= 0.3 is 5.97 Å². The third-order valence-electron chi connectivity index (χ3n) is 4.53. The second-order valence-electron chi connectivity index (χ2n) is 6.31. The predicted octanol–water partition coefficient (Wildman–Crippen LogP) is 4.70. The molecule has 0 atom stereocenters. The highest BCUT2D eigenvalue weighted by Gasteiger charge is 2.24. The molecule has 0 aliphatic rings. The van der Waals surface area contributed by atoms with E-state index in [2.05, 4.69) is 4.74 Å². The third kappa shape index (κ3) is 4.46. The number of hydrogen-bond acceptors (Lipinski definition) is 5. The highest BCUT2D eigenvalue weighted by atomic mass is 35.5. The molecule has 0 fully saturated rings. The normalized spacial score (nSPS) is 10.9. The van der Waals surface area contributed by atoms with Crippen molar-refractivity contribution in [2.45, 2.75) is 0 Å². The second-order valence-corrected chi connectivity index (χ2v) is 6.75. The van der Waals surface area contributed by atoms with Crippen LogP contribution in [-0.4, -0.2) is 37.6 Å². The summed E-state index contributed by atoms with van der Waals surface area (Å²) in [5.41, 5.74) is 0.635. The summed E-state index contributed by atoms with van der Waals surface area (Å²) in [4.78, 5) is 24.9. The first-order valence-corrected chi connectivity index (χ1v) is 9.47. The Labute approximate surface area is 183 Å². The van der Waals surface area contributed by atoms with Crippen LogP contribution in [0.5, 0.6) is 11.5 Å². The monoisotopic (exact) mass is 443 g/mol. The molecule has 8 heteroatoms. The van der Waals surface area contributed by atoms with E-state index >= 15 is 4.39 Å². The van der Waals surface area contributed by atoms with Gasteiger partial charge in [0.05, 0.1) is 38.1 Å². The average Bonchev–Trinajstić information content (AvgIpc) is 3.23. The van der Waals surface area contributed by atoms with E-state index in [9.17, 15) is 9.59 Å². The highest BCUT2D eigenvalue weighted by molar-refractivity contribution is 6.31. The Morgan fingerprint density at radius 3 is 2.48 bits per heavy atom. The summed E-state index contributed by atoms with van der Waals surface area (Å²) in [6, 6.07) is 10.7. The van der Waals surface area contributed by atoms with Gasteiger partial charge in [0, 0.05) is 23.0 Å². The molecule has 0 saturated heterocycles. The Morgan fingerprint density at radius 2 is 1.81 bits per heavy atom. The summed E-state index contributed by atoms with van der Waals surface area (Å²) in [7, 11) is 4.12. The molecule has 2 aromatic carbocycles. The zero-order valence-electron chi connectivity index (χ0n) is 17.0. The Balaban J connectivity index is 2.20. The van der Waals surface area contributed by atoms with Gasteiger partial charge < -0.3 is 18.8 Å². The van der Waals surface area contributed by atoms with E-state index in [1.54, 1.807) is 36.5 Å². The summed E-state index contributed by atoms with van der Waals surface area (Å²) in [5.74, 6) is -1.20. The third-order valence-corrected chi connectivity index (χ3v) is 4.75. The minimum absolute atomic E-state index is 0.0143. The van der Waals surface area contributed by atoms with Crippen LogP contribution < -0.4 is 9.47 Å². The molecule has 1 heterocycles. The van der Waals surface area contributed by atoms with Crippen molar-refractivity contribution in [3.63, 3.8) is 0 Å². The van der Waals surface area contributed by atoms with E-state index in [1.165, 1.54) is 44.1 Å². The molecule has 0 amide bonds. The van der Waals surface area contributed by atoms with Crippen LogP contribution in [0.2, 0.25) is 5.02 Å². The summed E-state index contributed by atoms with van der Waals surface area (Å²) in [6.45, 7) is 0. The van der Waals surface area contributed by atoms with Crippen molar-refractivity contribution in [3.8, 4) is 17.2 Å². The van der Waals surface area contributed by atoms with Crippen LogP contribution in [0.25, 0.3) is 11.8 Å². The minimum Gasteiger partial charge on any atom is -0.493 e. The number of rotatable bonds is 7. The van der Waals surface area contributed by atoms with Crippen LogP contribution >= 0.6 is 11.6 Å². The average molecular weight is 444 g/mol. The van der Waals surface area contributed by atoms with Gasteiger partial charge in [0.2, 0.25) is 0 Å². The number of carbonyl (C=O) groups excluding carboxylic acids is 2. The van der Waals surface area contributed by atoms with Gasteiger partial charge in [0.25, 0.3) is 0 Å². The first-order chi connectivity index (χ1) is 14.9. The molecule has 0 aliphatic heterocycles. The fourth-order valence-electron chi connectivity index (χ4n) is 3.15. The molecule has 0 saturated carbocycles. The number of ketones is 1. The van der Waals surface area contributed by atoms with Crippen molar-refractivity contribution in [2.24, 2.45) is 0 Å². The first-order valence-electron chi connectivity index (χ1n) is 9.09. The number of nitrogens with zero attached hydrogens (tertiary/aromatic N) is 1. The molecule has 1 aromatic heterocycles. The lowest BCUT2D eigenvalue weighted by Crippen LogP contribution is -2.12. The number of hydrogen-bond donors (Lipinski definition) is 0. The fraction of sp³-hybridized carbons (Fsp3) is 0.130. The van der Waals surface area contributed by atoms with Crippen LogP contribution in [0.15, 0.2) is 54.7 Å².